The monoisotopic (exact) mass is 286 g/mol. The summed E-state index contributed by atoms with van der Waals surface area (Å²) in [6.07, 6.45) is 2.38. The van der Waals surface area contributed by atoms with Crippen LogP contribution in [0.2, 0.25) is 0 Å². The van der Waals surface area contributed by atoms with Crippen LogP contribution >= 0.6 is 11.8 Å². The van der Waals surface area contributed by atoms with Crippen LogP contribution in [0.1, 0.15) is 26.7 Å². The molecule has 2 aliphatic rings. The van der Waals surface area contributed by atoms with Gasteiger partial charge in [-0.25, -0.2) is 0 Å². The number of carbonyl (C=O) groups is 1. The van der Waals surface area contributed by atoms with Crippen LogP contribution in [0.5, 0.6) is 0 Å². The molecule has 110 valence electrons. The fourth-order valence-electron chi connectivity index (χ4n) is 3.17. The van der Waals surface area contributed by atoms with E-state index >= 15 is 0 Å². The number of hydrogen-bond acceptors (Lipinski definition) is 4. The number of carboxylic acids is 1. The quantitative estimate of drug-likeness (QED) is 0.854. The number of hydrogen-bond donors (Lipinski definition) is 1. The van der Waals surface area contributed by atoms with E-state index in [-0.39, 0.29) is 6.54 Å². The predicted octanol–water partition coefficient (Wildman–Crippen LogP) is 1.61. The Bertz CT molecular complexity index is 323. The van der Waals surface area contributed by atoms with Gasteiger partial charge >= 0.3 is 5.97 Å². The Morgan fingerprint density at radius 2 is 2.11 bits per heavy atom. The van der Waals surface area contributed by atoms with Gasteiger partial charge in [-0.1, -0.05) is 13.8 Å². The average Bonchev–Trinajstić information content (AvgIpc) is 2.53. The molecular weight excluding hydrogens is 260 g/mol. The molecule has 1 unspecified atom stereocenters. The molecule has 0 bridgehead atoms. The minimum absolute atomic E-state index is 0.191. The van der Waals surface area contributed by atoms with Gasteiger partial charge in [0.15, 0.2) is 0 Å². The first kappa shape index (κ1) is 15.1. The number of aliphatic carboxylic acids is 1. The van der Waals surface area contributed by atoms with Gasteiger partial charge in [-0.3, -0.25) is 14.6 Å². The summed E-state index contributed by atoms with van der Waals surface area (Å²) in [6.45, 7) is 8.91. The lowest BCUT2D eigenvalue weighted by atomic mass is 9.81. The molecule has 1 N–H and O–H groups in total. The van der Waals surface area contributed by atoms with Crippen molar-refractivity contribution in [3.8, 4) is 0 Å². The zero-order chi connectivity index (χ0) is 13.9. The van der Waals surface area contributed by atoms with Crippen LogP contribution in [0.3, 0.4) is 0 Å². The third kappa shape index (κ3) is 4.10. The van der Waals surface area contributed by atoms with E-state index in [0.717, 1.165) is 32.6 Å². The maximum absolute atomic E-state index is 10.8. The molecule has 0 radical (unpaired) electrons. The largest absolute Gasteiger partial charge is 0.480 e. The zero-order valence-electron chi connectivity index (χ0n) is 12.1. The van der Waals surface area contributed by atoms with Gasteiger partial charge in [0.05, 0.1) is 6.54 Å². The molecule has 0 spiro atoms. The zero-order valence-corrected chi connectivity index (χ0v) is 12.9. The summed E-state index contributed by atoms with van der Waals surface area (Å²) in [5.41, 5.74) is 0.396. The van der Waals surface area contributed by atoms with E-state index < -0.39 is 5.97 Å². The Morgan fingerprint density at radius 1 is 1.32 bits per heavy atom. The smallest absolute Gasteiger partial charge is 0.317 e. The SMILES string of the molecule is CC1(C)CCSCC1N1CCCN(CC(=O)O)CC1. The number of thioether (sulfide) groups is 1. The summed E-state index contributed by atoms with van der Waals surface area (Å²) in [5, 5.41) is 8.90. The first-order valence-electron chi connectivity index (χ1n) is 7.25. The second kappa shape index (κ2) is 6.46. The molecule has 0 aromatic rings. The van der Waals surface area contributed by atoms with Crippen molar-refractivity contribution in [2.45, 2.75) is 32.7 Å². The molecule has 4 nitrogen and oxygen atoms in total. The number of rotatable bonds is 3. The van der Waals surface area contributed by atoms with Crippen molar-refractivity contribution in [2.75, 3.05) is 44.2 Å². The van der Waals surface area contributed by atoms with Crippen LogP contribution in [0.15, 0.2) is 0 Å². The van der Waals surface area contributed by atoms with Crippen molar-refractivity contribution in [3.05, 3.63) is 0 Å². The molecule has 0 amide bonds. The number of carboxylic acid groups (broad SMARTS) is 1. The summed E-state index contributed by atoms with van der Waals surface area (Å²) in [7, 11) is 0. The summed E-state index contributed by atoms with van der Waals surface area (Å²) >= 11 is 2.07. The Labute approximate surface area is 120 Å². The highest BCUT2D eigenvalue weighted by Gasteiger charge is 2.37. The molecule has 0 aliphatic carbocycles. The van der Waals surface area contributed by atoms with Crippen molar-refractivity contribution in [1.29, 1.82) is 0 Å². The van der Waals surface area contributed by atoms with E-state index in [2.05, 4.69) is 35.4 Å². The predicted molar refractivity (Wildman–Crippen MR) is 79.8 cm³/mol. The minimum Gasteiger partial charge on any atom is -0.480 e. The molecule has 19 heavy (non-hydrogen) atoms. The van der Waals surface area contributed by atoms with E-state index in [4.69, 9.17) is 5.11 Å². The summed E-state index contributed by atoms with van der Waals surface area (Å²) in [5.74, 6) is 1.80. The Kier molecular flexibility index (Phi) is 5.15. The van der Waals surface area contributed by atoms with Crippen LogP contribution < -0.4 is 0 Å². The summed E-state index contributed by atoms with van der Waals surface area (Å²) < 4.78 is 0. The number of nitrogens with zero attached hydrogens (tertiary/aromatic N) is 2. The molecule has 2 fully saturated rings. The Morgan fingerprint density at radius 3 is 2.79 bits per heavy atom. The van der Waals surface area contributed by atoms with Gasteiger partial charge in [-0.15, -0.1) is 0 Å². The molecule has 2 rings (SSSR count). The maximum Gasteiger partial charge on any atom is 0.317 e. The van der Waals surface area contributed by atoms with Crippen LogP contribution in [-0.4, -0.2) is 71.1 Å². The fraction of sp³-hybridized carbons (Fsp3) is 0.929. The van der Waals surface area contributed by atoms with E-state index in [1.807, 2.05) is 0 Å². The highest BCUT2D eigenvalue weighted by atomic mass is 32.2. The van der Waals surface area contributed by atoms with Gasteiger partial charge in [0.1, 0.15) is 0 Å². The summed E-state index contributed by atoms with van der Waals surface area (Å²) in [4.78, 5) is 15.5. The molecule has 0 saturated carbocycles. The van der Waals surface area contributed by atoms with Crippen molar-refractivity contribution >= 4 is 17.7 Å². The molecule has 0 aromatic heterocycles. The second-order valence-electron chi connectivity index (χ2n) is 6.39. The first-order valence-corrected chi connectivity index (χ1v) is 8.40. The van der Waals surface area contributed by atoms with Gasteiger partial charge in [0, 0.05) is 31.4 Å². The highest BCUT2D eigenvalue weighted by molar-refractivity contribution is 7.99. The van der Waals surface area contributed by atoms with E-state index in [9.17, 15) is 4.79 Å². The Balaban J connectivity index is 1.93. The van der Waals surface area contributed by atoms with Crippen LogP contribution in [0, 0.1) is 5.41 Å². The molecule has 1 atom stereocenters. The van der Waals surface area contributed by atoms with Gasteiger partial charge in [0.25, 0.3) is 0 Å². The molecule has 2 aliphatic heterocycles. The molecule has 2 saturated heterocycles. The standard InChI is InChI=1S/C14H26N2O2S/c1-14(2)4-9-19-11-12(14)16-6-3-5-15(7-8-16)10-13(17)18/h12H,3-11H2,1-2H3,(H,17,18). The highest BCUT2D eigenvalue weighted by Crippen LogP contribution is 2.37. The third-order valence-electron chi connectivity index (χ3n) is 4.49. The van der Waals surface area contributed by atoms with Crippen LogP contribution in [-0.2, 0) is 4.79 Å². The lowest BCUT2D eigenvalue weighted by Gasteiger charge is -2.44. The van der Waals surface area contributed by atoms with Crippen molar-refractivity contribution in [3.63, 3.8) is 0 Å². The lowest BCUT2D eigenvalue weighted by molar-refractivity contribution is -0.138. The van der Waals surface area contributed by atoms with E-state index in [1.54, 1.807) is 0 Å². The fourth-order valence-corrected chi connectivity index (χ4v) is 4.90. The van der Waals surface area contributed by atoms with Gasteiger partial charge < -0.3 is 5.11 Å². The van der Waals surface area contributed by atoms with Crippen molar-refractivity contribution in [2.24, 2.45) is 5.41 Å². The molecular formula is C14H26N2O2S. The molecule has 0 aromatic carbocycles. The average molecular weight is 286 g/mol. The minimum atomic E-state index is -0.706. The normalized spacial score (nSPS) is 29.9. The van der Waals surface area contributed by atoms with Crippen molar-refractivity contribution < 1.29 is 9.90 Å². The molecule has 2 heterocycles. The Hall–Kier alpha value is -0.260. The van der Waals surface area contributed by atoms with Crippen LogP contribution in [0.25, 0.3) is 0 Å². The molecule has 5 heteroatoms. The maximum atomic E-state index is 10.8. The van der Waals surface area contributed by atoms with Gasteiger partial charge in [0.2, 0.25) is 0 Å². The van der Waals surface area contributed by atoms with Crippen LogP contribution in [0.4, 0.5) is 0 Å². The van der Waals surface area contributed by atoms with E-state index in [1.165, 1.54) is 17.9 Å². The lowest BCUT2D eigenvalue weighted by Crippen LogP contribution is -2.50. The van der Waals surface area contributed by atoms with Crippen molar-refractivity contribution in [1.82, 2.24) is 9.80 Å². The first-order chi connectivity index (χ1) is 8.99. The van der Waals surface area contributed by atoms with Gasteiger partial charge in [-0.2, -0.15) is 11.8 Å². The van der Waals surface area contributed by atoms with E-state index in [0.29, 0.717) is 11.5 Å². The van der Waals surface area contributed by atoms with Gasteiger partial charge in [-0.05, 0) is 30.6 Å². The second-order valence-corrected chi connectivity index (χ2v) is 7.54. The topological polar surface area (TPSA) is 43.8 Å². The third-order valence-corrected chi connectivity index (χ3v) is 5.54. The summed E-state index contributed by atoms with van der Waals surface area (Å²) in [6, 6.07) is 0.649.